The van der Waals surface area contributed by atoms with Gasteiger partial charge in [-0.2, -0.15) is 5.10 Å². The average Bonchev–Trinajstić information content (AvgIpc) is 3.22. The van der Waals surface area contributed by atoms with Gasteiger partial charge in [-0.05, 0) is 44.7 Å². The minimum Gasteiger partial charge on any atom is -0.381 e. The number of nitrogens with zero attached hydrogens (tertiary/aromatic N) is 3. The van der Waals surface area contributed by atoms with Gasteiger partial charge in [0.25, 0.3) is 5.91 Å². The van der Waals surface area contributed by atoms with Crippen molar-refractivity contribution in [3.05, 3.63) is 52.6 Å². The van der Waals surface area contributed by atoms with Crippen LogP contribution in [0.25, 0.3) is 11.0 Å². The number of benzene rings is 1. The van der Waals surface area contributed by atoms with Crippen LogP contribution in [0.5, 0.6) is 0 Å². The predicted molar refractivity (Wildman–Crippen MR) is 124 cm³/mol. The van der Waals surface area contributed by atoms with E-state index >= 15 is 0 Å². The van der Waals surface area contributed by atoms with Crippen LogP contribution in [0.2, 0.25) is 5.02 Å². The Hall–Kier alpha value is -3.20. The molecule has 1 aliphatic rings. The van der Waals surface area contributed by atoms with Crippen molar-refractivity contribution in [2.24, 2.45) is 11.7 Å². The number of hydrogen-bond acceptors (Lipinski definition) is 5. The molecule has 0 atom stereocenters. The number of rotatable bonds is 7. The molecule has 33 heavy (non-hydrogen) atoms. The van der Waals surface area contributed by atoms with E-state index in [-0.39, 0.29) is 30.3 Å². The zero-order valence-corrected chi connectivity index (χ0v) is 19.0. The molecule has 4 rings (SSSR count). The smallest absolute Gasteiger partial charge is 0.255 e. The lowest BCUT2D eigenvalue weighted by Gasteiger charge is -2.29. The van der Waals surface area contributed by atoms with Gasteiger partial charge in [0.15, 0.2) is 5.65 Å². The van der Waals surface area contributed by atoms with Crippen LogP contribution in [0.1, 0.15) is 48.5 Å². The number of nitrogens with one attached hydrogen (secondary N) is 2. The summed E-state index contributed by atoms with van der Waals surface area (Å²) in [5.41, 5.74) is 7.45. The maximum atomic E-state index is 14.1. The molecule has 0 saturated heterocycles. The number of nitrogens with two attached hydrogens (primary N) is 1. The van der Waals surface area contributed by atoms with E-state index < -0.39 is 5.82 Å². The summed E-state index contributed by atoms with van der Waals surface area (Å²) in [7, 11) is 0. The Labute approximate surface area is 195 Å². The maximum Gasteiger partial charge on any atom is 0.255 e. The van der Waals surface area contributed by atoms with Crippen LogP contribution in [0.4, 0.5) is 10.1 Å². The fraction of sp³-hybridized carbons (Fsp3) is 0.391. The zero-order valence-electron chi connectivity index (χ0n) is 18.3. The number of amides is 2. The number of primary amides is 1. The summed E-state index contributed by atoms with van der Waals surface area (Å²) in [6, 6.07) is 4.41. The van der Waals surface area contributed by atoms with Gasteiger partial charge in [0.2, 0.25) is 5.91 Å². The standard InChI is InChI=1S/C23H26ClFN6O2/c1-2-31-22-17(12-29-31)20(30-16-7-4-13(5-8-16)21(26)32)18(11-27-22)23(33)28-10-14-3-6-15(24)9-19(14)25/h3,6,9,11-13,16H,2,4-5,7-8,10H2,1H3,(H2,26,32)(H,27,30)(H,28,33). The van der Waals surface area contributed by atoms with Gasteiger partial charge in [-0.1, -0.05) is 17.7 Å². The third kappa shape index (κ3) is 4.93. The molecule has 3 aromatic rings. The third-order valence-corrected chi connectivity index (χ3v) is 6.38. The molecule has 1 aromatic carbocycles. The number of anilines is 1. The van der Waals surface area contributed by atoms with E-state index in [9.17, 15) is 14.0 Å². The number of carbonyl (C=O) groups excluding carboxylic acids is 2. The third-order valence-electron chi connectivity index (χ3n) is 6.14. The summed E-state index contributed by atoms with van der Waals surface area (Å²) in [6.07, 6.45) is 6.13. The summed E-state index contributed by atoms with van der Waals surface area (Å²) in [4.78, 5) is 29.0. The van der Waals surface area contributed by atoms with E-state index in [0.717, 1.165) is 18.2 Å². The molecule has 0 aliphatic heterocycles. The molecule has 1 aliphatic carbocycles. The van der Waals surface area contributed by atoms with Crippen molar-refractivity contribution < 1.29 is 14.0 Å². The highest BCUT2D eigenvalue weighted by Crippen LogP contribution is 2.31. The van der Waals surface area contributed by atoms with Crippen LogP contribution >= 0.6 is 11.6 Å². The largest absolute Gasteiger partial charge is 0.381 e. The Balaban J connectivity index is 1.59. The van der Waals surface area contributed by atoms with Crippen LogP contribution in [-0.4, -0.2) is 32.6 Å². The van der Waals surface area contributed by atoms with Crippen molar-refractivity contribution in [2.45, 2.75) is 51.7 Å². The predicted octanol–water partition coefficient (Wildman–Crippen LogP) is 3.63. The number of hydrogen-bond donors (Lipinski definition) is 3. The van der Waals surface area contributed by atoms with Crippen molar-refractivity contribution in [3.63, 3.8) is 0 Å². The minimum absolute atomic E-state index is 0.0112. The lowest BCUT2D eigenvalue weighted by Crippen LogP contribution is -2.33. The second kappa shape index (κ2) is 9.74. The van der Waals surface area contributed by atoms with E-state index in [1.807, 2.05) is 6.92 Å². The Morgan fingerprint density at radius 3 is 2.67 bits per heavy atom. The summed E-state index contributed by atoms with van der Waals surface area (Å²) in [5.74, 6) is -1.24. The number of fused-ring (bicyclic) bond motifs is 1. The van der Waals surface area contributed by atoms with Crippen LogP contribution in [0.15, 0.2) is 30.6 Å². The summed E-state index contributed by atoms with van der Waals surface area (Å²) < 4.78 is 15.9. The molecule has 10 heteroatoms. The van der Waals surface area contributed by atoms with Gasteiger partial charge >= 0.3 is 0 Å². The monoisotopic (exact) mass is 472 g/mol. The molecule has 1 fully saturated rings. The van der Waals surface area contributed by atoms with Gasteiger partial charge in [0.05, 0.1) is 22.8 Å². The van der Waals surface area contributed by atoms with E-state index in [1.165, 1.54) is 12.3 Å². The quantitative estimate of drug-likeness (QED) is 0.485. The molecule has 4 N–H and O–H groups in total. The van der Waals surface area contributed by atoms with E-state index in [2.05, 4.69) is 20.7 Å². The molecule has 8 nitrogen and oxygen atoms in total. The Morgan fingerprint density at radius 1 is 1.24 bits per heavy atom. The van der Waals surface area contributed by atoms with E-state index in [1.54, 1.807) is 23.0 Å². The average molecular weight is 473 g/mol. The van der Waals surface area contributed by atoms with Crippen molar-refractivity contribution in [1.82, 2.24) is 20.1 Å². The van der Waals surface area contributed by atoms with Gasteiger partial charge in [-0.3, -0.25) is 9.59 Å². The maximum absolute atomic E-state index is 14.1. The van der Waals surface area contributed by atoms with Crippen molar-refractivity contribution in [1.29, 1.82) is 0 Å². The zero-order chi connectivity index (χ0) is 23.5. The van der Waals surface area contributed by atoms with Crippen molar-refractivity contribution in [3.8, 4) is 0 Å². The molecule has 2 amide bonds. The lowest BCUT2D eigenvalue weighted by atomic mass is 9.85. The van der Waals surface area contributed by atoms with Crippen LogP contribution in [0.3, 0.4) is 0 Å². The molecular formula is C23H26ClFN6O2. The van der Waals surface area contributed by atoms with Gasteiger partial charge in [-0.15, -0.1) is 0 Å². The summed E-state index contributed by atoms with van der Waals surface area (Å²) >= 11 is 5.81. The molecule has 1 saturated carbocycles. The summed E-state index contributed by atoms with van der Waals surface area (Å²) in [5, 5.41) is 11.7. The molecule has 174 valence electrons. The van der Waals surface area contributed by atoms with Crippen molar-refractivity contribution in [2.75, 3.05) is 5.32 Å². The molecule has 0 spiro atoms. The van der Waals surface area contributed by atoms with E-state index in [0.29, 0.717) is 46.9 Å². The van der Waals surface area contributed by atoms with Crippen molar-refractivity contribution >= 4 is 40.1 Å². The Morgan fingerprint density at radius 2 is 2.00 bits per heavy atom. The van der Waals surface area contributed by atoms with Gasteiger partial charge in [-0.25, -0.2) is 14.1 Å². The Bertz CT molecular complexity index is 1190. The number of carbonyl (C=O) groups is 2. The molecular weight excluding hydrogens is 447 g/mol. The minimum atomic E-state index is -0.481. The molecule has 2 aromatic heterocycles. The fourth-order valence-corrected chi connectivity index (χ4v) is 4.41. The molecule has 0 unspecified atom stereocenters. The van der Waals surface area contributed by atoms with Crippen LogP contribution < -0.4 is 16.4 Å². The van der Waals surface area contributed by atoms with E-state index in [4.69, 9.17) is 17.3 Å². The second-order valence-electron chi connectivity index (χ2n) is 8.26. The lowest BCUT2D eigenvalue weighted by molar-refractivity contribution is -0.122. The van der Waals surface area contributed by atoms with Crippen LogP contribution in [-0.2, 0) is 17.9 Å². The molecule has 2 heterocycles. The normalized spacial score (nSPS) is 18.3. The first kappa shape index (κ1) is 23.0. The van der Waals surface area contributed by atoms with Gasteiger partial charge < -0.3 is 16.4 Å². The molecule has 0 radical (unpaired) electrons. The molecule has 0 bridgehead atoms. The SMILES string of the molecule is CCn1ncc2c(NC3CCC(C(N)=O)CC3)c(C(=O)NCc3ccc(Cl)cc3F)cnc21. The fourth-order valence-electron chi connectivity index (χ4n) is 4.25. The first-order chi connectivity index (χ1) is 15.9. The van der Waals surface area contributed by atoms with Gasteiger partial charge in [0.1, 0.15) is 5.82 Å². The number of aryl methyl sites for hydroxylation is 1. The number of halogens is 2. The first-order valence-corrected chi connectivity index (χ1v) is 11.4. The second-order valence-corrected chi connectivity index (χ2v) is 8.69. The highest BCUT2D eigenvalue weighted by molar-refractivity contribution is 6.30. The highest BCUT2D eigenvalue weighted by atomic mass is 35.5. The number of pyridine rings is 1. The van der Waals surface area contributed by atoms with Gasteiger partial charge in [0, 0.05) is 41.8 Å². The van der Waals surface area contributed by atoms with Crippen LogP contribution in [0, 0.1) is 11.7 Å². The first-order valence-electron chi connectivity index (χ1n) is 11.0. The number of aromatic nitrogens is 3. The topological polar surface area (TPSA) is 115 Å². The highest BCUT2D eigenvalue weighted by Gasteiger charge is 2.27. The Kier molecular flexibility index (Phi) is 6.78. The summed E-state index contributed by atoms with van der Waals surface area (Å²) in [6.45, 7) is 2.62.